The molecule has 7 heteroatoms. The normalized spacial score (nSPS) is 22.3. The third-order valence-electron chi connectivity index (χ3n) is 5.09. The number of fused-ring (bicyclic) bond motifs is 1. The molecule has 2 heterocycles. The lowest BCUT2D eigenvalue weighted by molar-refractivity contribution is -0.141. The van der Waals surface area contributed by atoms with Crippen LogP contribution in [0.5, 0.6) is 5.75 Å². The van der Waals surface area contributed by atoms with Gasteiger partial charge in [-0.2, -0.15) is 0 Å². The Bertz CT molecular complexity index is 667. The van der Waals surface area contributed by atoms with Crippen LogP contribution >= 0.6 is 11.6 Å². The highest BCUT2D eigenvalue weighted by Crippen LogP contribution is 2.31. The van der Waals surface area contributed by atoms with Gasteiger partial charge in [-0.1, -0.05) is 11.6 Å². The molecule has 2 unspecified atom stereocenters. The predicted octanol–water partition coefficient (Wildman–Crippen LogP) is 1.74. The molecule has 1 aromatic rings. The van der Waals surface area contributed by atoms with Gasteiger partial charge in [0, 0.05) is 37.1 Å². The van der Waals surface area contributed by atoms with Gasteiger partial charge in [0.2, 0.25) is 11.8 Å². The van der Waals surface area contributed by atoms with Crippen LogP contribution in [0.1, 0.15) is 31.2 Å². The molecule has 1 saturated heterocycles. The van der Waals surface area contributed by atoms with Gasteiger partial charge in [0.15, 0.2) is 0 Å². The molecule has 2 amide bonds. The second-order valence-electron chi connectivity index (χ2n) is 6.99. The molecule has 26 heavy (non-hydrogen) atoms. The van der Waals surface area contributed by atoms with Crippen molar-refractivity contribution in [3.05, 3.63) is 28.8 Å². The summed E-state index contributed by atoms with van der Waals surface area (Å²) in [6, 6.07) is 5.57. The lowest BCUT2D eigenvalue weighted by atomic mass is 9.93. The smallest absolute Gasteiger partial charge is 0.229 e. The minimum atomic E-state index is -0.207. The van der Waals surface area contributed by atoms with E-state index in [1.165, 1.54) is 0 Å². The van der Waals surface area contributed by atoms with Crippen LogP contribution in [0.15, 0.2) is 18.2 Å². The van der Waals surface area contributed by atoms with E-state index in [0.717, 1.165) is 37.1 Å². The topological polar surface area (TPSA) is 84.7 Å². The number of hydrogen-bond acceptors (Lipinski definition) is 4. The average Bonchev–Trinajstić information content (AvgIpc) is 2.65. The van der Waals surface area contributed by atoms with E-state index < -0.39 is 0 Å². The second-order valence-corrected chi connectivity index (χ2v) is 7.42. The Kier molecular flexibility index (Phi) is 6.38. The van der Waals surface area contributed by atoms with Crippen LogP contribution in [0.4, 0.5) is 0 Å². The third kappa shape index (κ3) is 4.48. The molecule has 0 aromatic heterocycles. The van der Waals surface area contributed by atoms with Crippen molar-refractivity contribution in [2.45, 2.75) is 38.1 Å². The highest BCUT2D eigenvalue weighted by atomic mass is 35.5. The molecule has 3 N–H and O–H groups in total. The predicted molar refractivity (Wildman–Crippen MR) is 100 cm³/mol. The van der Waals surface area contributed by atoms with E-state index in [-0.39, 0.29) is 23.8 Å². The first kappa shape index (κ1) is 19.0. The van der Waals surface area contributed by atoms with Gasteiger partial charge >= 0.3 is 0 Å². The number of nitrogens with zero attached hydrogens (tertiary/aromatic N) is 1. The number of halogens is 1. The van der Waals surface area contributed by atoms with Gasteiger partial charge in [-0.25, -0.2) is 0 Å². The molecule has 142 valence electrons. The maximum Gasteiger partial charge on any atom is 0.229 e. The number of piperidine rings is 1. The zero-order valence-electron chi connectivity index (χ0n) is 14.9. The van der Waals surface area contributed by atoms with Gasteiger partial charge in [-0.05, 0) is 49.4 Å². The van der Waals surface area contributed by atoms with E-state index in [1.54, 1.807) is 6.07 Å². The summed E-state index contributed by atoms with van der Waals surface area (Å²) in [7, 11) is 0. The largest absolute Gasteiger partial charge is 0.492 e. The van der Waals surface area contributed by atoms with Crippen LogP contribution in [0, 0.1) is 5.92 Å². The molecule has 1 fully saturated rings. The Hall–Kier alpha value is -1.79. The van der Waals surface area contributed by atoms with E-state index in [9.17, 15) is 9.59 Å². The third-order valence-corrected chi connectivity index (χ3v) is 5.33. The number of ether oxygens (including phenoxy) is 1. The van der Waals surface area contributed by atoms with E-state index in [4.69, 9.17) is 22.1 Å². The van der Waals surface area contributed by atoms with Crippen molar-refractivity contribution in [1.29, 1.82) is 0 Å². The summed E-state index contributed by atoms with van der Waals surface area (Å²) in [6.45, 7) is 1.94. The minimum Gasteiger partial charge on any atom is -0.492 e. The Morgan fingerprint density at radius 2 is 2.19 bits per heavy atom. The van der Waals surface area contributed by atoms with E-state index in [0.29, 0.717) is 37.6 Å². The summed E-state index contributed by atoms with van der Waals surface area (Å²) in [6.07, 6.45) is 3.92. The Morgan fingerprint density at radius 3 is 3.00 bits per heavy atom. The first-order valence-electron chi connectivity index (χ1n) is 9.27. The van der Waals surface area contributed by atoms with Crippen LogP contribution in [-0.4, -0.2) is 49.0 Å². The van der Waals surface area contributed by atoms with Crippen molar-refractivity contribution in [1.82, 2.24) is 10.2 Å². The lowest BCUT2D eigenvalue weighted by Crippen LogP contribution is -2.52. The summed E-state index contributed by atoms with van der Waals surface area (Å²) in [5.41, 5.74) is 6.39. The maximum absolute atomic E-state index is 13.1. The molecule has 0 saturated carbocycles. The lowest BCUT2D eigenvalue weighted by Gasteiger charge is -2.39. The van der Waals surface area contributed by atoms with Crippen LogP contribution in [0.25, 0.3) is 0 Å². The fourth-order valence-electron chi connectivity index (χ4n) is 3.71. The molecule has 0 aliphatic carbocycles. The van der Waals surface area contributed by atoms with Crippen molar-refractivity contribution in [2.75, 3.05) is 26.2 Å². The van der Waals surface area contributed by atoms with Gasteiger partial charge in [-0.3, -0.25) is 9.59 Å². The zero-order valence-corrected chi connectivity index (χ0v) is 15.6. The molecule has 0 spiro atoms. The Labute approximate surface area is 159 Å². The van der Waals surface area contributed by atoms with Gasteiger partial charge in [0.25, 0.3) is 0 Å². The highest BCUT2D eigenvalue weighted by Gasteiger charge is 2.34. The number of likely N-dealkylation sites (tertiary alicyclic amines) is 1. The standard InChI is InChI=1S/C19H26ClN3O3/c20-15-4-5-17-13(10-15)9-14(12-26-17)19(25)23-8-2-1-3-16(23)11-22-18(24)6-7-21/h4-5,10,14,16H,1-3,6-9,11-12,21H2,(H,22,24). The highest BCUT2D eigenvalue weighted by molar-refractivity contribution is 6.30. The summed E-state index contributed by atoms with van der Waals surface area (Å²) in [4.78, 5) is 26.7. The van der Waals surface area contributed by atoms with Crippen molar-refractivity contribution >= 4 is 23.4 Å². The number of nitrogens with one attached hydrogen (secondary N) is 1. The number of hydrogen-bond donors (Lipinski definition) is 2. The van der Waals surface area contributed by atoms with Gasteiger partial charge in [-0.15, -0.1) is 0 Å². The first-order valence-corrected chi connectivity index (χ1v) is 9.64. The fourth-order valence-corrected chi connectivity index (χ4v) is 3.90. The number of amides is 2. The Balaban J connectivity index is 1.64. The molecule has 2 aliphatic rings. The van der Waals surface area contributed by atoms with Gasteiger partial charge in [0.1, 0.15) is 12.4 Å². The van der Waals surface area contributed by atoms with Crippen molar-refractivity contribution in [3.8, 4) is 5.75 Å². The van der Waals surface area contributed by atoms with Crippen LogP contribution in [-0.2, 0) is 16.0 Å². The monoisotopic (exact) mass is 379 g/mol. The molecule has 0 bridgehead atoms. The van der Waals surface area contributed by atoms with Gasteiger partial charge < -0.3 is 20.7 Å². The zero-order chi connectivity index (χ0) is 18.5. The second kappa shape index (κ2) is 8.73. The molecule has 0 radical (unpaired) electrons. The summed E-state index contributed by atoms with van der Waals surface area (Å²) in [5, 5.41) is 3.55. The SMILES string of the molecule is NCCC(=O)NCC1CCCCN1C(=O)C1COc2ccc(Cl)cc2C1. The van der Waals surface area contributed by atoms with E-state index in [2.05, 4.69) is 5.32 Å². The minimum absolute atomic E-state index is 0.0405. The van der Waals surface area contributed by atoms with E-state index in [1.807, 2.05) is 17.0 Å². The number of rotatable bonds is 5. The number of carbonyl (C=O) groups is 2. The number of benzene rings is 1. The van der Waals surface area contributed by atoms with E-state index >= 15 is 0 Å². The van der Waals surface area contributed by atoms with Gasteiger partial charge in [0.05, 0.1) is 5.92 Å². The summed E-state index contributed by atoms with van der Waals surface area (Å²) >= 11 is 6.07. The average molecular weight is 380 g/mol. The maximum atomic E-state index is 13.1. The number of nitrogens with two attached hydrogens (primary N) is 1. The Morgan fingerprint density at radius 1 is 1.35 bits per heavy atom. The molecule has 1 aromatic carbocycles. The fraction of sp³-hybridized carbons (Fsp3) is 0.579. The van der Waals surface area contributed by atoms with Crippen LogP contribution < -0.4 is 15.8 Å². The van der Waals surface area contributed by atoms with Crippen molar-refractivity contribution in [3.63, 3.8) is 0 Å². The molecule has 3 rings (SSSR count). The molecule has 6 nitrogen and oxygen atoms in total. The van der Waals surface area contributed by atoms with Crippen molar-refractivity contribution in [2.24, 2.45) is 11.7 Å². The van der Waals surface area contributed by atoms with Crippen LogP contribution in [0.2, 0.25) is 5.02 Å². The molecular formula is C19H26ClN3O3. The quantitative estimate of drug-likeness (QED) is 0.816. The number of carbonyl (C=O) groups excluding carboxylic acids is 2. The molecule has 2 atom stereocenters. The van der Waals surface area contributed by atoms with Crippen LogP contribution in [0.3, 0.4) is 0 Å². The summed E-state index contributed by atoms with van der Waals surface area (Å²) < 4.78 is 5.78. The first-order chi connectivity index (χ1) is 12.6. The molecule has 2 aliphatic heterocycles. The van der Waals surface area contributed by atoms with Crippen molar-refractivity contribution < 1.29 is 14.3 Å². The molecular weight excluding hydrogens is 354 g/mol. The summed E-state index contributed by atoms with van der Waals surface area (Å²) in [5.74, 6) is 0.646.